The van der Waals surface area contributed by atoms with Gasteiger partial charge in [-0.05, 0) is 29.3 Å². The van der Waals surface area contributed by atoms with Gasteiger partial charge in [-0.3, -0.25) is 4.79 Å². The van der Waals surface area contributed by atoms with Crippen LogP contribution in [0.25, 0.3) is 11.1 Å². The predicted octanol–water partition coefficient (Wildman–Crippen LogP) is 3.10. The normalized spacial score (nSPS) is 12.3. The van der Waals surface area contributed by atoms with Crippen LogP contribution in [0.15, 0.2) is 36.4 Å². The summed E-state index contributed by atoms with van der Waals surface area (Å²) in [6, 6.07) is 10.1. The molecular weight excluding hydrogens is 229 g/mol. The van der Waals surface area contributed by atoms with E-state index in [0.717, 1.165) is 16.8 Å². The molecule has 0 bridgehead atoms. The second kappa shape index (κ2) is 3.67. The Morgan fingerprint density at radius 2 is 1.78 bits per heavy atom. The zero-order valence-electron chi connectivity index (χ0n) is 10.2. The number of carbonyl (C=O) groups excluding carboxylic acids is 1. The van der Waals surface area contributed by atoms with E-state index in [1.807, 2.05) is 37.2 Å². The van der Waals surface area contributed by atoms with E-state index in [0.29, 0.717) is 11.1 Å². The van der Waals surface area contributed by atoms with Crippen molar-refractivity contribution in [1.29, 1.82) is 0 Å². The summed E-state index contributed by atoms with van der Waals surface area (Å²) in [5, 5.41) is 0. The van der Waals surface area contributed by atoms with Crippen LogP contribution < -0.4 is 4.90 Å². The first-order valence-corrected chi connectivity index (χ1v) is 5.74. The third kappa shape index (κ3) is 1.37. The third-order valence-corrected chi connectivity index (χ3v) is 3.27. The largest absolute Gasteiger partial charge is 0.377 e. The Morgan fingerprint density at radius 3 is 2.50 bits per heavy atom. The molecule has 0 saturated heterocycles. The molecule has 1 aliphatic rings. The maximum atomic E-state index is 13.3. The quantitative estimate of drug-likeness (QED) is 0.652. The molecule has 0 aromatic heterocycles. The Morgan fingerprint density at radius 1 is 1.00 bits per heavy atom. The SMILES string of the molecule is CN(C)c1cccc2c1C(=O)c1cc(F)ccc1-2. The molecule has 0 spiro atoms. The molecule has 0 atom stereocenters. The first-order chi connectivity index (χ1) is 8.59. The number of carbonyl (C=O) groups is 1. The number of halogens is 1. The van der Waals surface area contributed by atoms with Gasteiger partial charge in [0.15, 0.2) is 5.78 Å². The van der Waals surface area contributed by atoms with Crippen LogP contribution in [0.4, 0.5) is 10.1 Å². The number of nitrogens with zero attached hydrogens (tertiary/aromatic N) is 1. The fourth-order valence-electron chi connectivity index (χ4n) is 2.45. The summed E-state index contributed by atoms with van der Waals surface area (Å²) in [5.41, 5.74) is 3.71. The minimum atomic E-state index is -0.374. The minimum Gasteiger partial charge on any atom is -0.377 e. The Hall–Kier alpha value is -2.16. The van der Waals surface area contributed by atoms with Crippen molar-refractivity contribution in [3.8, 4) is 11.1 Å². The Kier molecular flexibility index (Phi) is 2.23. The standard InChI is InChI=1S/C15H12FNO/c1-17(2)13-5-3-4-11-10-7-6-9(16)8-12(10)15(18)14(11)13/h3-8H,1-2H3. The fraction of sp³-hybridized carbons (Fsp3) is 0.133. The molecule has 3 rings (SSSR count). The summed E-state index contributed by atoms with van der Waals surface area (Å²) < 4.78 is 13.3. The zero-order chi connectivity index (χ0) is 12.9. The second-order valence-corrected chi connectivity index (χ2v) is 4.61. The average molecular weight is 241 g/mol. The lowest BCUT2D eigenvalue weighted by Gasteiger charge is -2.15. The number of benzene rings is 2. The Balaban J connectivity index is 2.32. The van der Waals surface area contributed by atoms with E-state index in [1.54, 1.807) is 6.07 Å². The monoisotopic (exact) mass is 241 g/mol. The maximum Gasteiger partial charge on any atom is 0.196 e. The van der Waals surface area contributed by atoms with Crippen LogP contribution in [0.1, 0.15) is 15.9 Å². The molecule has 0 heterocycles. The molecular formula is C15H12FNO. The van der Waals surface area contributed by atoms with Crippen molar-refractivity contribution in [2.45, 2.75) is 0 Å². The molecule has 2 aromatic carbocycles. The van der Waals surface area contributed by atoms with Gasteiger partial charge in [0.25, 0.3) is 0 Å². The van der Waals surface area contributed by atoms with Crippen LogP contribution in [0.5, 0.6) is 0 Å². The molecule has 0 fully saturated rings. The molecule has 90 valence electrons. The molecule has 18 heavy (non-hydrogen) atoms. The molecule has 3 heteroatoms. The highest BCUT2D eigenvalue weighted by molar-refractivity contribution is 6.24. The van der Waals surface area contributed by atoms with Gasteiger partial charge in [0, 0.05) is 25.3 Å². The zero-order valence-corrected chi connectivity index (χ0v) is 10.2. The van der Waals surface area contributed by atoms with Gasteiger partial charge >= 0.3 is 0 Å². The molecule has 2 nitrogen and oxygen atoms in total. The molecule has 0 radical (unpaired) electrons. The highest BCUT2D eigenvalue weighted by atomic mass is 19.1. The van der Waals surface area contributed by atoms with E-state index in [-0.39, 0.29) is 11.6 Å². The number of fused-ring (bicyclic) bond motifs is 3. The van der Waals surface area contributed by atoms with Crippen LogP contribution in [-0.4, -0.2) is 19.9 Å². The van der Waals surface area contributed by atoms with Gasteiger partial charge in [-0.15, -0.1) is 0 Å². The summed E-state index contributed by atoms with van der Waals surface area (Å²) in [5.74, 6) is -0.467. The van der Waals surface area contributed by atoms with Crippen LogP contribution >= 0.6 is 0 Å². The molecule has 0 N–H and O–H groups in total. The summed E-state index contributed by atoms with van der Waals surface area (Å²) in [4.78, 5) is 14.3. The number of ketones is 1. The van der Waals surface area contributed by atoms with Gasteiger partial charge < -0.3 is 4.90 Å². The van der Waals surface area contributed by atoms with E-state index in [2.05, 4.69) is 0 Å². The van der Waals surface area contributed by atoms with E-state index in [9.17, 15) is 9.18 Å². The molecule has 1 aliphatic carbocycles. The van der Waals surface area contributed by atoms with Gasteiger partial charge in [-0.2, -0.15) is 0 Å². The van der Waals surface area contributed by atoms with Crippen LogP contribution in [0, 0.1) is 5.82 Å². The van der Waals surface area contributed by atoms with E-state index in [1.165, 1.54) is 12.1 Å². The van der Waals surface area contributed by atoms with Crippen LogP contribution in [0.3, 0.4) is 0 Å². The first kappa shape index (κ1) is 11.0. The lowest BCUT2D eigenvalue weighted by Crippen LogP contribution is -2.12. The lowest BCUT2D eigenvalue weighted by atomic mass is 10.0. The highest BCUT2D eigenvalue weighted by Gasteiger charge is 2.29. The van der Waals surface area contributed by atoms with Gasteiger partial charge in [0.1, 0.15) is 5.82 Å². The summed E-state index contributed by atoms with van der Waals surface area (Å²) >= 11 is 0. The van der Waals surface area contributed by atoms with Crippen LogP contribution in [-0.2, 0) is 0 Å². The van der Waals surface area contributed by atoms with Gasteiger partial charge in [-0.25, -0.2) is 4.39 Å². The molecule has 0 aliphatic heterocycles. The smallest absolute Gasteiger partial charge is 0.196 e. The van der Waals surface area contributed by atoms with Gasteiger partial charge in [-0.1, -0.05) is 18.2 Å². The molecule has 2 aromatic rings. The van der Waals surface area contributed by atoms with Crippen molar-refractivity contribution in [2.75, 3.05) is 19.0 Å². The number of hydrogen-bond acceptors (Lipinski definition) is 2. The average Bonchev–Trinajstić information content (AvgIpc) is 2.63. The molecule has 0 amide bonds. The van der Waals surface area contributed by atoms with E-state index >= 15 is 0 Å². The Labute approximate surface area is 105 Å². The van der Waals surface area contributed by atoms with Crippen molar-refractivity contribution in [3.05, 3.63) is 53.3 Å². The van der Waals surface area contributed by atoms with Crippen molar-refractivity contribution in [2.24, 2.45) is 0 Å². The lowest BCUT2D eigenvalue weighted by molar-refractivity contribution is 0.104. The summed E-state index contributed by atoms with van der Waals surface area (Å²) in [6.45, 7) is 0. The second-order valence-electron chi connectivity index (χ2n) is 4.61. The predicted molar refractivity (Wildman–Crippen MR) is 69.6 cm³/mol. The fourth-order valence-corrected chi connectivity index (χ4v) is 2.45. The number of hydrogen-bond donors (Lipinski definition) is 0. The van der Waals surface area contributed by atoms with Crippen molar-refractivity contribution in [3.63, 3.8) is 0 Å². The maximum absolute atomic E-state index is 13.3. The molecule has 0 unspecified atom stereocenters. The molecule has 0 saturated carbocycles. The third-order valence-electron chi connectivity index (χ3n) is 3.27. The number of anilines is 1. The summed E-state index contributed by atoms with van der Waals surface area (Å²) in [6.07, 6.45) is 0. The topological polar surface area (TPSA) is 20.3 Å². The van der Waals surface area contributed by atoms with Gasteiger partial charge in [0.2, 0.25) is 0 Å². The van der Waals surface area contributed by atoms with E-state index in [4.69, 9.17) is 0 Å². The highest BCUT2D eigenvalue weighted by Crippen LogP contribution is 2.40. The first-order valence-electron chi connectivity index (χ1n) is 5.74. The van der Waals surface area contributed by atoms with Crippen LogP contribution in [0.2, 0.25) is 0 Å². The minimum absolute atomic E-state index is 0.0937. The van der Waals surface area contributed by atoms with Gasteiger partial charge in [0.05, 0.1) is 5.56 Å². The number of rotatable bonds is 1. The van der Waals surface area contributed by atoms with E-state index < -0.39 is 0 Å². The van der Waals surface area contributed by atoms with Crippen molar-refractivity contribution >= 4 is 11.5 Å². The van der Waals surface area contributed by atoms with Crippen molar-refractivity contribution in [1.82, 2.24) is 0 Å². The van der Waals surface area contributed by atoms with Crippen molar-refractivity contribution < 1.29 is 9.18 Å². The Bertz CT molecular complexity index is 662. The summed E-state index contributed by atoms with van der Waals surface area (Å²) in [7, 11) is 3.79.